The molecule has 2 aromatic rings. The number of hydrogen-bond donors (Lipinski definition) is 0. The molecule has 0 atom stereocenters. The average Bonchev–Trinajstić information content (AvgIpc) is 2.77. The zero-order valence-corrected chi connectivity index (χ0v) is 17.9. The Morgan fingerprint density at radius 1 is 1.11 bits per heavy atom. The lowest BCUT2D eigenvalue weighted by Crippen LogP contribution is -2.35. The van der Waals surface area contributed by atoms with Crippen molar-refractivity contribution in [2.24, 2.45) is 0 Å². The molecule has 150 valence electrons. The highest BCUT2D eigenvalue weighted by molar-refractivity contribution is 6.30. The predicted molar refractivity (Wildman–Crippen MR) is 116 cm³/mol. The molecule has 0 radical (unpaired) electrons. The fraction of sp³-hybridized carbons (Fsp3) is 0.435. The number of carbonyl (C=O) groups is 1. The number of hydrogen-bond acceptors (Lipinski definition) is 3. The lowest BCUT2D eigenvalue weighted by molar-refractivity contribution is 0.0298. The molecule has 1 aliphatic heterocycles. The average molecular weight is 401 g/mol. The van der Waals surface area contributed by atoms with Crippen molar-refractivity contribution in [3.63, 3.8) is 0 Å². The van der Waals surface area contributed by atoms with Crippen LogP contribution in [0.3, 0.4) is 0 Å². The van der Waals surface area contributed by atoms with Crippen molar-refractivity contribution < 1.29 is 9.53 Å². The number of aryl methyl sites for hydroxylation is 2. The van der Waals surface area contributed by atoms with Crippen LogP contribution in [0.15, 0.2) is 42.5 Å². The first-order chi connectivity index (χ1) is 13.2. The maximum atomic E-state index is 12.2. The van der Waals surface area contributed by atoms with Gasteiger partial charge in [-0.05, 0) is 69.4 Å². The van der Waals surface area contributed by atoms with Crippen LogP contribution in [0.4, 0.5) is 16.2 Å². The van der Waals surface area contributed by atoms with Gasteiger partial charge in [0.2, 0.25) is 0 Å². The van der Waals surface area contributed by atoms with E-state index in [1.165, 1.54) is 16.8 Å². The van der Waals surface area contributed by atoms with E-state index in [4.69, 9.17) is 16.3 Å². The monoisotopic (exact) mass is 400 g/mol. The van der Waals surface area contributed by atoms with Crippen LogP contribution in [-0.4, -0.2) is 36.7 Å². The molecule has 5 heteroatoms. The Labute approximate surface area is 173 Å². The van der Waals surface area contributed by atoms with Gasteiger partial charge in [0, 0.05) is 36.5 Å². The fourth-order valence-electron chi connectivity index (χ4n) is 3.52. The van der Waals surface area contributed by atoms with E-state index in [1.807, 2.05) is 26.8 Å². The Morgan fingerprint density at radius 2 is 1.79 bits per heavy atom. The molecule has 0 aromatic heterocycles. The Kier molecular flexibility index (Phi) is 6.19. The molecule has 1 amide bonds. The maximum absolute atomic E-state index is 12.2. The molecule has 0 bridgehead atoms. The lowest BCUT2D eigenvalue weighted by atomic mass is 10.0. The summed E-state index contributed by atoms with van der Waals surface area (Å²) in [6, 6.07) is 14.7. The minimum atomic E-state index is -0.481. The van der Waals surface area contributed by atoms with Gasteiger partial charge in [-0.3, -0.25) is 0 Å². The van der Waals surface area contributed by atoms with Gasteiger partial charge in [-0.25, -0.2) is 4.79 Å². The van der Waals surface area contributed by atoms with Crippen LogP contribution in [0.2, 0.25) is 5.02 Å². The highest BCUT2D eigenvalue weighted by atomic mass is 35.5. The van der Waals surface area contributed by atoms with Gasteiger partial charge in [-0.15, -0.1) is 0 Å². The summed E-state index contributed by atoms with van der Waals surface area (Å²) < 4.78 is 5.45. The molecule has 28 heavy (non-hydrogen) atoms. The summed E-state index contributed by atoms with van der Waals surface area (Å²) in [7, 11) is 1.79. The van der Waals surface area contributed by atoms with Crippen LogP contribution in [-0.2, 0) is 17.6 Å². The van der Waals surface area contributed by atoms with Gasteiger partial charge in [-0.2, -0.15) is 0 Å². The van der Waals surface area contributed by atoms with Crippen LogP contribution in [0.25, 0.3) is 0 Å². The van der Waals surface area contributed by atoms with Crippen LogP contribution in [0.5, 0.6) is 0 Å². The second-order valence-corrected chi connectivity index (χ2v) is 8.75. The number of halogens is 1. The molecule has 2 aromatic carbocycles. The quantitative estimate of drug-likeness (QED) is 0.646. The third-order valence-corrected chi connectivity index (χ3v) is 5.10. The van der Waals surface area contributed by atoms with Crippen LogP contribution >= 0.6 is 11.6 Å². The summed E-state index contributed by atoms with van der Waals surface area (Å²) in [6.45, 7) is 7.08. The van der Waals surface area contributed by atoms with Gasteiger partial charge < -0.3 is 14.5 Å². The summed E-state index contributed by atoms with van der Waals surface area (Å²) >= 11 is 6.31. The minimum absolute atomic E-state index is 0.285. The standard InChI is InChI=1S/C23H29ClN2O2/c1-23(2,3)28-22(27)25(4)14-7-15-26-20-9-6-5-8-17(20)10-11-18-12-13-19(24)16-21(18)26/h5-6,8-9,12-13,16H,7,10-11,14-15H2,1-4H3. The normalized spacial score (nSPS) is 13.4. The van der Waals surface area contributed by atoms with Crippen molar-refractivity contribution in [3.05, 3.63) is 58.6 Å². The highest BCUT2D eigenvalue weighted by Gasteiger charge is 2.22. The third kappa shape index (κ3) is 4.99. The molecule has 4 nitrogen and oxygen atoms in total. The van der Waals surface area contributed by atoms with Crippen LogP contribution < -0.4 is 4.90 Å². The van der Waals surface area contributed by atoms with E-state index in [0.29, 0.717) is 6.54 Å². The van der Waals surface area contributed by atoms with Crippen molar-refractivity contribution in [3.8, 4) is 0 Å². The van der Waals surface area contributed by atoms with E-state index in [2.05, 4.69) is 41.3 Å². The van der Waals surface area contributed by atoms with Gasteiger partial charge in [0.05, 0.1) is 0 Å². The molecule has 0 unspecified atom stereocenters. The van der Waals surface area contributed by atoms with E-state index in [0.717, 1.165) is 36.5 Å². The number of fused-ring (bicyclic) bond motifs is 2. The van der Waals surface area contributed by atoms with Gasteiger partial charge in [-0.1, -0.05) is 35.9 Å². The SMILES string of the molecule is CN(CCCN1c2ccccc2CCc2ccc(Cl)cc21)C(=O)OC(C)(C)C. The highest BCUT2D eigenvalue weighted by Crippen LogP contribution is 2.37. The number of benzene rings is 2. The molecule has 0 aliphatic carbocycles. The molecular formula is C23H29ClN2O2. The topological polar surface area (TPSA) is 32.8 Å². The molecule has 0 N–H and O–H groups in total. The molecular weight excluding hydrogens is 372 g/mol. The summed E-state index contributed by atoms with van der Waals surface area (Å²) in [4.78, 5) is 16.2. The molecule has 1 heterocycles. The smallest absolute Gasteiger partial charge is 0.410 e. The molecule has 0 saturated carbocycles. The minimum Gasteiger partial charge on any atom is -0.444 e. The summed E-state index contributed by atoms with van der Waals surface area (Å²) in [5.41, 5.74) is 4.56. The Balaban J connectivity index is 1.76. The first-order valence-electron chi connectivity index (χ1n) is 9.82. The predicted octanol–water partition coefficient (Wildman–Crippen LogP) is 5.83. The van der Waals surface area contributed by atoms with E-state index in [1.54, 1.807) is 11.9 Å². The molecule has 0 saturated heterocycles. The van der Waals surface area contributed by atoms with E-state index >= 15 is 0 Å². The second-order valence-electron chi connectivity index (χ2n) is 8.31. The van der Waals surface area contributed by atoms with Crippen molar-refractivity contribution in [1.29, 1.82) is 0 Å². The van der Waals surface area contributed by atoms with E-state index in [-0.39, 0.29) is 6.09 Å². The van der Waals surface area contributed by atoms with Gasteiger partial charge in [0.1, 0.15) is 5.60 Å². The zero-order chi connectivity index (χ0) is 20.3. The number of anilines is 2. The fourth-order valence-corrected chi connectivity index (χ4v) is 3.69. The Hall–Kier alpha value is -2.20. The van der Waals surface area contributed by atoms with E-state index < -0.39 is 5.60 Å². The van der Waals surface area contributed by atoms with E-state index in [9.17, 15) is 4.79 Å². The van der Waals surface area contributed by atoms with Gasteiger partial charge in [0.25, 0.3) is 0 Å². The number of amides is 1. The molecule has 0 spiro atoms. The van der Waals surface area contributed by atoms with Crippen molar-refractivity contribution in [2.75, 3.05) is 25.0 Å². The summed E-state index contributed by atoms with van der Waals surface area (Å²) in [5.74, 6) is 0. The Morgan fingerprint density at radius 3 is 2.50 bits per heavy atom. The lowest BCUT2D eigenvalue weighted by Gasteiger charge is -2.29. The molecule has 0 fully saturated rings. The summed E-state index contributed by atoms with van der Waals surface area (Å²) in [5, 5.41) is 0.744. The Bertz CT molecular complexity index is 845. The number of para-hydroxylation sites is 1. The number of rotatable bonds is 4. The largest absolute Gasteiger partial charge is 0.444 e. The van der Waals surface area contributed by atoms with Crippen molar-refractivity contribution in [1.82, 2.24) is 4.90 Å². The van der Waals surface area contributed by atoms with Crippen LogP contribution in [0, 0.1) is 0 Å². The maximum Gasteiger partial charge on any atom is 0.410 e. The second kappa shape index (κ2) is 8.44. The number of nitrogens with zero attached hydrogens (tertiary/aromatic N) is 2. The number of carbonyl (C=O) groups excluding carboxylic acids is 1. The van der Waals surface area contributed by atoms with Crippen LogP contribution in [0.1, 0.15) is 38.3 Å². The van der Waals surface area contributed by atoms with Gasteiger partial charge >= 0.3 is 6.09 Å². The van der Waals surface area contributed by atoms with Crippen molar-refractivity contribution >= 4 is 29.1 Å². The summed E-state index contributed by atoms with van der Waals surface area (Å²) in [6.07, 6.45) is 2.56. The number of ether oxygens (including phenoxy) is 1. The van der Waals surface area contributed by atoms with Crippen molar-refractivity contribution in [2.45, 2.75) is 45.6 Å². The zero-order valence-electron chi connectivity index (χ0n) is 17.2. The third-order valence-electron chi connectivity index (χ3n) is 4.86. The van der Waals surface area contributed by atoms with Gasteiger partial charge in [0.15, 0.2) is 0 Å². The molecule has 3 rings (SSSR count). The molecule has 1 aliphatic rings. The first kappa shape index (κ1) is 20.5. The first-order valence-corrected chi connectivity index (χ1v) is 10.2.